The van der Waals surface area contributed by atoms with Gasteiger partial charge in [0.15, 0.2) is 51.4 Å². The molecular weight excluding hydrogens is 1350 g/mol. The fraction of sp³-hybridized carbons (Fsp3) is 0.276. The largest absolute Gasteiger partial charge is 0.435 e. The molecule has 0 saturated carbocycles. The quantitative estimate of drug-likeness (QED) is 0.152. The number of nitrogens with zero attached hydrogens (tertiary/aromatic N) is 17. The van der Waals surface area contributed by atoms with E-state index in [2.05, 4.69) is 87.9 Å². The Morgan fingerprint density at radius 1 is 0.324 bits per heavy atom. The molecule has 0 N–H and O–H groups in total. The third-order valence-corrected chi connectivity index (χ3v) is 21.0. The Labute approximate surface area is 642 Å². The molecule has 0 bridgehead atoms. The van der Waals surface area contributed by atoms with E-state index in [4.69, 9.17) is 32.7 Å². The molecule has 16 heterocycles. The lowest BCUT2D eigenvalue weighted by atomic mass is 10.1. The summed E-state index contributed by atoms with van der Waals surface area (Å²) in [5.74, 6) is 2.57. The Kier molecular flexibility index (Phi) is 13.9. The van der Waals surface area contributed by atoms with Gasteiger partial charge >= 0.3 is 0 Å². The van der Waals surface area contributed by atoms with Gasteiger partial charge in [0.05, 0.1) is 42.6 Å². The monoisotopic (exact) mass is 1440 g/mol. The van der Waals surface area contributed by atoms with Crippen molar-refractivity contribution in [1.82, 2.24) is 44.9 Å². The van der Waals surface area contributed by atoms with Gasteiger partial charge in [-0.1, -0.05) is 48.5 Å². The molecule has 21 nitrogen and oxygen atoms in total. The zero-order valence-corrected chi connectivity index (χ0v) is 62.6. The van der Waals surface area contributed by atoms with Crippen molar-refractivity contribution in [2.45, 2.75) is 147 Å². The van der Waals surface area contributed by atoms with Gasteiger partial charge < -0.3 is 52.0 Å². The number of aryl methyl sites for hydroxylation is 8. The van der Waals surface area contributed by atoms with Gasteiger partial charge in [-0.25, -0.2) is 44.9 Å². The van der Waals surface area contributed by atoms with Crippen LogP contribution in [0.2, 0.25) is 0 Å². The van der Waals surface area contributed by atoms with E-state index < -0.39 is 51.3 Å². The van der Waals surface area contributed by atoms with Crippen LogP contribution in [0.15, 0.2) is 182 Å². The van der Waals surface area contributed by atoms with Crippen molar-refractivity contribution in [2.75, 3.05) is 53.2 Å². The summed E-state index contributed by atoms with van der Waals surface area (Å²) in [5.41, 5.74) is 18.7. The zero-order valence-electron chi connectivity index (χ0n) is 73.6. The molecule has 4 aliphatic rings. The summed E-state index contributed by atoms with van der Waals surface area (Å²) in [6.45, 7) is 21.5. The van der Waals surface area contributed by atoms with E-state index >= 15 is 0 Å². The Hall–Kier alpha value is -12.4. The molecule has 21 heteroatoms. The Morgan fingerprint density at radius 2 is 0.620 bits per heavy atom. The van der Waals surface area contributed by atoms with Crippen molar-refractivity contribution in [3.8, 4) is 0 Å². The van der Waals surface area contributed by atoms with Gasteiger partial charge in [-0.15, -0.1) is 0 Å². The number of benzene rings is 4. The van der Waals surface area contributed by atoms with Crippen LogP contribution in [-0.2, 0) is 0 Å². The highest BCUT2D eigenvalue weighted by Gasteiger charge is 2.42. The minimum atomic E-state index is -2.53. The number of aromatic nitrogens is 9. The number of rotatable bonds is 6. The van der Waals surface area contributed by atoms with Crippen LogP contribution < -0.4 is 39.2 Å². The first-order valence-electron chi connectivity index (χ1n) is 41.5. The number of hydrogen-bond donors (Lipinski definition) is 0. The van der Waals surface area contributed by atoms with Crippen LogP contribution in [0.4, 0.5) is 68.9 Å². The molecule has 5 unspecified atom stereocenters. The van der Waals surface area contributed by atoms with Gasteiger partial charge in [-0.3, -0.25) is 4.90 Å². The number of fused-ring (bicyclic) bond motifs is 16. The highest BCUT2D eigenvalue weighted by Crippen LogP contribution is 2.53. The summed E-state index contributed by atoms with van der Waals surface area (Å²) >= 11 is 0. The van der Waals surface area contributed by atoms with Crippen molar-refractivity contribution in [2.24, 2.45) is 0 Å². The molecule has 0 fully saturated rings. The van der Waals surface area contributed by atoms with Gasteiger partial charge in [0.1, 0.15) is 24.7 Å². The van der Waals surface area contributed by atoms with Crippen LogP contribution >= 0.6 is 0 Å². The second-order valence-corrected chi connectivity index (χ2v) is 28.3. The summed E-state index contributed by atoms with van der Waals surface area (Å²) in [6.07, 6.45) is 6.57. The SMILES string of the molecule is [2H]C(C)(C)N1c2ncccc2N(c2c(C)ccc3c2oc2nc(C)ccc23)C1C.[2H]C([2H])([2H])C([2H])(C)N1c2ncccc2N(c2c(C)ccc3c2oc2nc(C)ccc23)C1C.[2H]C([2H])([2H])N1c2ncccc2N(c2c(C)ccc3c2oc2nc(C)ccc23)C1C.[2H]C([2H])([2H])N1c2nccnc2N(c2c(C)ccc3c2oc2nc(C)ccc23)C1C. The van der Waals surface area contributed by atoms with Crippen molar-refractivity contribution in [1.29, 1.82) is 0 Å². The van der Waals surface area contributed by atoms with E-state index in [9.17, 15) is 0 Å². The first kappa shape index (κ1) is 56.9. The van der Waals surface area contributed by atoms with E-state index in [1.807, 2.05) is 212 Å². The normalized spacial score (nSPS) is 19.1. The molecular formula is C87H87N17O4. The van der Waals surface area contributed by atoms with Crippen LogP contribution in [0.1, 0.15) is 115 Å². The van der Waals surface area contributed by atoms with Crippen molar-refractivity contribution < 1.29 is 32.7 Å². The second-order valence-electron chi connectivity index (χ2n) is 28.3. The van der Waals surface area contributed by atoms with Crippen LogP contribution in [0.25, 0.3) is 88.3 Å². The van der Waals surface area contributed by atoms with E-state index in [-0.39, 0.29) is 6.17 Å². The summed E-state index contributed by atoms with van der Waals surface area (Å²) in [4.78, 5) is 54.9. The Morgan fingerprint density at radius 3 is 0.981 bits per heavy atom. The zero-order chi connectivity index (χ0) is 84.5. The summed E-state index contributed by atoms with van der Waals surface area (Å²) in [6, 6.07) is 41.1. The molecule has 0 saturated heterocycles. The second kappa shape index (κ2) is 26.3. The third kappa shape index (κ3) is 10.9. The molecule has 5 atom stereocenters. The molecule has 0 amide bonds. The summed E-state index contributed by atoms with van der Waals surface area (Å²) < 4.78 is 115. The van der Waals surface area contributed by atoms with Crippen LogP contribution in [0.5, 0.6) is 0 Å². The molecule has 20 rings (SSSR count). The van der Waals surface area contributed by atoms with Crippen molar-refractivity contribution in [3.05, 3.63) is 209 Å². The smallest absolute Gasteiger partial charge is 0.227 e. The average molecular weight is 1450 g/mol. The molecule has 4 aliphatic heterocycles. The fourth-order valence-electron chi connectivity index (χ4n) is 15.9. The standard InChI is InChI=1S/2C23H24N4O.C21H20N4O.C20H19N5O/c2*1-13(2)26-16(5)27(19-7-6-12-24-22(19)26)20-14(3)8-10-17-18-11-9-15(4)25-23(18)28-21(17)20;1-12-7-9-15-16-10-8-13(2)23-21(16)26-19(15)18(12)25-14(3)24(4)20-17(25)6-5-11-22-20;1-11-5-7-14-15-8-6-12(2)23-20(15)26-17(14)16(11)25-13(3)24(4)18-19(25)22-10-9-21-18/h2*6-13,16H,1-5H3;5-11,14H,1-4H3;5-10,13H,1-4H3/i1D3,13D;13D;2*4D3. The lowest BCUT2D eigenvalue weighted by molar-refractivity contribution is 0.597. The van der Waals surface area contributed by atoms with Crippen LogP contribution in [0.3, 0.4) is 0 Å². The molecule has 4 aromatic carbocycles. The van der Waals surface area contributed by atoms with Crippen molar-refractivity contribution in [3.63, 3.8) is 0 Å². The van der Waals surface area contributed by atoms with Gasteiger partial charge in [0, 0.05) is 135 Å². The van der Waals surface area contributed by atoms with E-state index in [0.29, 0.717) is 62.9 Å². The third-order valence-electron chi connectivity index (χ3n) is 21.0. The lowest BCUT2D eigenvalue weighted by Crippen LogP contribution is -2.42. The number of pyridine rings is 7. The molecule has 16 aromatic rings. The van der Waals surface area contributed by atoms with Gasteiger partial charge in [0.2, 0.25) is 22.9 Å². The molecule has 544 valence electrons. The van der Waals surface area contributed by atoms with E-state index in [0.717, 1.165) is 139 Å². The number of hydrogen-bond acceptors (Lipinski definition) is 21. The molecule has 0 radical (unpaired) electrons. The Bertz CT molecular complexity index is 6280. The maximum atomic E-state index is 8.78. The van der Waals surface area contributed by atoms with Crippen LogP contribution in [-0.4, -0.2) is 95.5 Å². The van der Waals surface area contributed by atoms with E-state index in [1.165, 1.54) is 22.9 Å². The predicted molar refractivity (Wildman–Crippen MR) is 437 cm³/mol. The number of furan rings is 4. The summed E-state index contributed by atoms with van der Waals surface area (Å²) in [5, 5.41) is 7.68. The minimum Gasteiger partial charge on any atom is -0.435 e. The first-order valence-corrected chi connectivity index (χ1v) is 36.0. The maximum Gasteiger partial charge on any atom is 0.227 e. The topological polar surface area (TPSA) is 194 Å². The van der Waals surface area contributed by atoms with Crippen molar-refractivity contribution >= 4 is 157 Å². The van der Waals surface area contributed by atoms with Gasteiger partial charge in [-0.2, -0.15) is 0 Å². The van der Waals surface area contributed by atoms with E-state index in [1.54, 1.807) is 29.7 Å². The first-order chi connectivity index (χ1) is 56.3. The summed E-state index contributed by atoms with van der Waals surface area (Å²) in [7, 11) is 0. The van der Waals surface area contributed by atoms with Gasteiger partial charge in [0.25, 0.3) is 0 Å². The Balaban J connectivity index is 0.000000114. The molecule has 12 aromatic heterocycles. The lowest BCUT2D eigenvalue weighted by Gasteiger charge is -2.33. The fourth-order valence-corrected chi connectivity index (χ4v) is 15.9. The predicted octanol–water partition coefficient (Wildman–Crippen LogP) is 20.7. The molecule has 108 heavy (non-hydrogen) atoms. The van der Waals surface area contributed by atoms with Crippen LogP contribution in [0, 0.1) is 55.4 Å². The highest BCUT2D eigenvalue weighted by atomic mass is 16.4. The number of anilines is 12. The maximum absolute atomic E-state index is 8.78. The highest BCUT2D eigenvalue weighted by molar-refractivity contribution is 6.13. The minimum absolute atomic E-state index is 0.0837. The molecule has 0 aliphatic carbocycles. The van der Waals surface area contributed by atoms with Gasteiger partial charge in [-0.05, 0) is 218 Å². The average Bonchev–Trinajstić information content (AvgIpc) is 1.59. The molecule has 0 spiro atoms.